The lowest BCUT2D eigenvalue weighted by Gasteiger charge is -2.21. The molecule has 1 aliphatic rings. The van der Waals surface area contributed by atoms with Crippen LogP contribution < -0.4 is 5.32 Å². The van der Waals surface area contributed by atoms with Crippen LogP contribution in [0.15, 0.2) is 18.3 Å². The number of hydrogen-bond donors (Lipinski definition) is 1. The molecule has 2 unspecified atom stereocenters. The van der Waals surface area contributed by atoms with Crippen molar-refractivity contribution < 1.29 is 0 Å². The van der Waals surface area contributed by atoms with E-state index in [1.165, 1.54) is 24.8 Å². The van der Waals surface area contributed by atoms with Crippen LogP contribution in [0.2, 0.25) is 0 Å². The van der Waals surface area contributed by atoms with E-state index in [4.69, 9.17) is 11.6 Å². The smallest absolute Gasteiger partial charge is 0.126 e. The molecule has 2 rings (SSSR count). The Morgan fingerprint density at radius 3 is 2.94 bits per heavy atom. The molecule has 3 heteroatoms. The van der Waals surface area contributed by atoms with Crippen LogP contribution in [-0.2, 0) is 0 Å². The molecule has 1 aliphatic carbocycles. The fourth-order valence-corrected chi connectivity index (χ4v) is 2.57. The van der Waals surface area contributed by atoms with Crippen LogP contribution in [0.5, 0.6) is 0 Å². The third kappa shape index (κ3) is 3.11. The molecule has 16 heavy (non-hydrogen) atoms. The van der Waals surface area contributed by atoms with Crippen molar-refractivity contribution in [3.63, 3.8) is 0 Å². The van der Waals surface area contributed by atoms with Gasteiger partial charge in [-0.25, -0.2) is 4.98 Å². The van der Waals surface area contributed by atoms with Crippen molar-refractivity contribution in [1.82, 2.24) is 4.98 Å². The Bertz CT molecular complexity index is 340. The number of aromatic nitrogens is 1. The van der Waals surface area contributed by atoms with Crippen LogP contribution >= 0.6 is 11.6 Å². The maximum absolute atomic E-state index is 6.39. The van der Waals surface area contributed by atoms with E-state index in [9.17, 15) is 0 Å². The summed E-state index contributed by atoms with van der Waals surface area (Å²) in [5.41, 5.74) is 1.23. The largest absolute Gasteiger partial charge is 0.366 e. The number of aryl methyl sites for hydroxylation is 1. The highest BCUT2D eigenvalue weighted by Crippen LogP contribution is 2.24. The first-order valence-corrected chi connectivity index (χ1v) is 6.52. The Morgan fingerprint density at radius 2 is 2.12 bits per heavy atom. The van der Waals surface area contributed by atoms with Crippen molar-refractivity contribution in [2.75, 3.05) is 5.32 Å². The van der Waals surface area contributed by atoms with Gasteiger partial charge in [-0.15, -0.1) is 11.6 Å². The van der Waals surface area contributed by atoms with Gasteiger partial charge < -0.3 is 5.32 Å². The quantitative estimate of drug-likeness (QED) is 0.627. The van der Waals surface area contributed by atoms with Gasteiger partial charge in [0.05, 0.1) is 5.38 Å². The van der Waals surface area contributed by atoms with E-state index in [0.717, 1.165) is 18.7 Å². The molecular weight excluding hydrogens is 220 g/mol. The molecule has 2 atom stereocenters. The summed E-state index contributed by atoms with van der Waals surface area (Å²) in [7, 11) is 0. The SMILES string of the molecule is Cc1ccnc(NC2CCCCCC2Cl)c1. The minimum Gasteiger partial charge on any atom is -0.366 e. The number of anilines is 1. The summed E-state index contributed by atoms with van der Waals surface area (Å²) >= 11 is 6.39. The van der Waals surface area contributed by atoms with Gasteiger partial charge in [-0.1, -0.05) is 19.3 Å². The van der Waals surface area contributed by atoms with E-state index in [-0.39, 0.29) is 5.38 Å². The molecule has 0 aliphatic heterocycles. The Kier molecular flexibility index (Phi) is 4.05. The molecule has 0 saturated heterocycles. The van der Waals surface area contributed by atoms with Gasteiger partial charge in [0.15, 0.2) is 0 Å². The molecule has 1 fully saturated rings. The Labute approximate surface area is 102 Å². The van der Waals surface area contributed by atoms with Crippen LogP contribution in [0.4, 0.5) is 5.82 Å². The third-order valence-corrected chi connectivity index (χ3v) is 3.70. The van der Waals surface area contributed by atoms with E-state index >= 15 is 0 Å². The molecule has 1 saturated carbocycles. The molecule has 88 valence electrons. The van der Waals surface area contributed by atoms with Gasteiger partial charge in [0, 0.05) is 12.2 Å². The summed E-state index contributed by atoms with van der Waals surface area (Å²) in [6.07, 6.45) is 7.95. The Morgan fingerprint density at radius 1 is 1.31 bits per heavy atom. The van der Waals surface area contributed by atoms with Crippen LogP contribution in [0, 0.1) is 6.92 Å². The van der Waals surface area contributed by atoms with Crippen molar-refractivity contribution in [3.05, 3.63) is 23.9 Å². The molecular formula is C13H19ClN2. The zero-order valence-corrected chi connectivity index (χ0v) is 10.5. The average Bonchev–Trinajstić information content (AvgIpc) is 2.45. The molecule has 1 N–H and O–H groups in total. The molecule has 0 radical (unpaired) electrons. The van der Waals surface area contributed by atoms with Gasteiger partial charge in [-0.2, -0.15) is 0 Å². The summed E-state index contributed by atoms with van der Waals surface area (Å²) in [4.78, 5) is 4.33. The highest BCUT2D eigenvalue weighted by Gasteiger charge is 2.21. The summed E-state index contributed by atoms with van der Waals surface area (Å²) in [5, 5.41) is 3.71. The maximum atomic E-state index is 6.39. The normalized spacial score (nSPS) is 26.1. The first kappa shape index (κ1) is 11.7. The van der Waals surface area contributed by atoms with Crippen molar-refractivity contribution in [2.45, 2.75) is 50.4 Å². The zero-order chi connectivity index (χ0) is 11.4. The van der Waals surface area contributed by atoms with E-state index < -0.39 is 0 Å². The minimum absolute atomic E-state index is 0.241. The molecule has 1 heterocycles. The molecule has 0 aromatic carbocycles. The first-order chi connectivity index (χ1) is 7.75. The van der Waals surface area contributed by atoms with Gasteiger partial charge in [-0.3, -0.25) is 0 Å². The second-order valence-corrected chi connectivity index (χ2v) is 5.18. The molecule has 2 nitrogen and oxygen atoms in total. The number of hydrogen-bond acceptors (Lipinski definition) is 2. The van der Waals surface area contributed by atoms with E-state index in [1.807, 2.05) is 12.3 Å². The Hall–Kier alpha value is -0.760. The predicted octanol–water partition coefficient (Wildman–Crippen LogP) is 3.74. The van der Waals surface area contributed by atoms with Gasteiger partial charge in [0.2, 0.25) is 0 Å². The van der Waals surface area contributed by atoms with Crippen molar-refractivity contribution in [3.8, 4) is 0 Å². The van der Waals surface area contributed by atoms with Gasteiger partial charge >= 0.3 is 0 Å². The summed E-state index contributed by atoms with van der Waals surface area (Å²) in [6.45, 7) is 2.08. The lowest BCUT2D eigenvalue weighted by atomic mass is 10.1. The summed E-state index contributed by atoms with van der Waals surface area (Å²) in [6, 6.07) is 4.46. The zero-order valence-electron chi connectivity index (χ0n) is 9.75. The van der Waals surface area contributed by atoms with Crippen molar-refractivity contribution in [1.29, 1.82) is 0 Å². The number of alkyl halides is 1. The molecule has 1 aromatic heterocycles. The molecule has 0 bridgehead atoms. The highest BCUT2D eigenvalue weighted by atomic mass is 35.5. The number of rotatable bonds is 2. The molecule has 0 amide bonds. The van der Waals surface area contributed by atoms with Crippen molar-refractivity contribution >= 4 is 17.4 Å². The summed E-state index contributed by atoms with van der Waals surface area (Å²) in [5.74, 6) is 0.956. The van der Waals surface area contributed by atoms with Crippen LogP contribution in [0.3, 0.4) is 0 Å². The minimum atomic E-state index is 0.241. The number of pyridine rings is 1. The Balaban J connectivity index is 2.02. The van der Waals surface area contributed by atoms with E-state index in [2.05, 4.69) is 23.3 Å². The molecule has 1 aromatic rings. The summed E-state index contributed by atoms with van der Waals surface area (Å²) < 4.78 is 0. The lowest BCUT2D eigenvalue weighted by molar-refractivity contribution is 0.625. The highest BCUT2D eigenvalue weighted by molar-refractivity contribution is 6.21. The van der Waals surface area contributed by atoms with Crippen LogP contribution in [0.25, 0.3) is 0 Å². The monoisotopic (exact) mass is 238 g/mol. The lowest BCUT2D eigenvalue weighted by Crippen LogP contribution is -2.29. The number of halogens is 1. The molecule has 0 spiro atoms. The van der Waals surface area contributed by atoms with Gasteiger partial charge in [0.1, 0.15) is 5.82 Å². The van der Waals surface area contributed by atoms with Gasteiger partial charge in [0.25, 0.3) is 0 Å². The predicted molar refractivity (Wildman–Crippen MR) is 69.1 cm³/mol. The second-order valence-electron chi connectivity index (χ2n) is 4.62. The first-order valence-electron chi connectivity index (χ1n) is 6.09. The van der Waals surface area contributed by atoms with Crippen molar-refractivity contribution in [2.24, 2.45) is 0 Å². The number of nitrogens with zero attached hydrogens (tertiary/aromatic N) is 1. The maximum Gasteiger partial charge on any atom is 0.126 e. The standard InChI is InChI=1S/C13H19ClN2/c1-10-7-8-15-13(9-10)16-12-6-4-2-3-5-11(12)14/h7-9,11-12H,2-6H2,1H3,(H,15,16). The van der Waals surface area contributed by atoms with E-state index in [0.29, 0.717) is 6.04 Å². The van der Waals surface area contributed by atoms with E-state index in [1.54, 1.807) is 0 Å². The number of nitrogens with one attached hydrogen (secondary N) is 1. The van der Waals surface area contributed by atoms with Crippen LogP contribution in [0.1, 0.15) is 37.7 Å². The third-order valence-electron chi connectivity index (χ3n) is 3.18. The fraction of sp³-hybridized carbons (Fsp3) is 0.615. The second kappa shape index (κ2) is 5.53. The fourth-order valence-electron chi connectivity index (χ4n) is 2.23. The van der Waals surface area contributed by atoms with Gasteiger partial charge in [-0.05, 0) is 37.5 Å². The average molecular weight is 239 g/mol. The van der Waals surface area contributed by atoms with Crippen LogP contribution in [-0.4, -0.2) is 16.4 Å². The topological polar surface area (TPSA) is 24.9 Å².